The molecule has 0 aliphatic heterocycles. The molecule has 0 N–H and O–H groups in total. The molecule has 126 valence electrons. The van der Waals surface area contributed by atoms with Crippen molar-refractivity contribution in [3.63, 3.8) is 0 Å². The minimum Gasteiger partial charge on any atom is -0.300 e. The zero-order chi connectivity index (χ0) is 16.4. The number of fused-ring (bicyclic) bond motifs is 5. The standard InChI is InChI=1S/C21H30O2/c1-13(22)17-6-7-18-16-5-4-14-12-15(23)8-10-20(14,2)19(16)9-11-21(17,18)3/h9,14,16-18H,4-8,10-12H2,1-3H3/t14-,16-,17-,18-,20-,21+/m0/s1. The van der Waals surface area contributed by atoms with Gasteiger partial charge in [-0.1, -0.05) is 25.5 Å². The second kappa shape index (κ2) is 5.04. The van der Waals surface area contributed by atoms with Gasteiger partial charge >= 0.3 is 0 Å². The van der Waals surface area contributed by atoms with Crippen LogP contribution in [-0.2, 0) is 9.59 Å². The molecule has 0 aromatic carbocycles. The monoisotopic (exact) mass is 314 g/mol. The molecule has 4 rings (SSSR count). The van der Waals surface area contributed by atoms with Crippen molar-refractivity contribution in [2.24, 2.45) is 34.5 Å². The summed E-state index contributed by atoms with van der Waals surface area (Å²) >= 11 is 0. The van der Waals surface area contributed by atoms with Crippen LogP contribution in [0.15, 0.2) is 11.6 Å². The molecule has 0 aromatic heterocycles. The predicted octanol–water partition coefficient (Wildman–Crippen LogP) is 4.72. The molecular weight excluding hydrogens is 284 g/mol. The van der Waals surface area contributed by atoms with E-state index in [-0.39, 0.29) is 16.7 Å². The van der Waals surface area contributed by atoms with Gasteiger partial charge < -0.3 is 0 Å². The van der Waals surface area contributed by atoms with Gasteiger partial charge in [-0.05, 0) is 74.0 Å². The zero-order valence-corrected chi connectivity index (χ0v) is 14.9. The molecule has 6 atom stereocenters. The molecule has 4 aliphatic carbocycles. The first kappa shape index (κ1) is 15.6. The summed E-state index contributed by atoms with van der Waals surface area (Å²) < 4.78 is 0. The number of rotatable bonds is 1. The highest BCUT2D eigenvalue weighted by Crippen LogP contribution is 2.65. The molecule has 3 fully saturated rings. The maximum absolute atomic E-state index is 12.1. The summed E-state index contributed by atoms with van der Waals surface area (Å²) in [5.74, 6) is 3.07. The smallest absolute Gasteiger partial charge is 0.133 e. The van der Waals surface area contributed by atoms with Crippen LogP contribution in [0.2, 0.25) is 0 Å². The molecule has 23 heavy (non-hydrogen) atoms. The highest BCUT2D eigenvalue weighted by atomic mass is 16.1. The zero-order valence-electron chi connectivity index (χ0n) is 14.9. The summed E-state index contributed by atoms with van der Waals surface area (Å²) in [5, 5.41) is 0. The Balaban J connectivity index is 1.70. The summed E-state index contributed by atoms with van der Waals surface area (Å²) in [7, 11) is 0. The van der Waals surface area contributed by atoms with Crippen LogP contribution in [0.1, 0.15) is 72.1 Å². The molecule has 0 heterocycles. The van der Waals surface area contributed by atoms with Gasteiger partial charge in [0, 0.05) is 18.8 Å². The average Bonchev–Trinajstić information content (AvgIpc) is 2.85. The molecule has 0 aromatic rings. The number of ketones is 2. The van der Waals surface area contributed by atoms with Gasteiger partial charge in [0.1, 0.15) is 11.6 Å². The predicted molar refractivity (Wildman–Crippen MR) is 90.9 cm³/mol. The van der Waals surface area contributed by atoms with Gasteiger partial charge in [-0.25, -0.2) is 0 Å². The maximum atomic E-state index is 12.1. The SMILES string of the molecule is CC(=O)[C@@H]1CC[C@H]2[C@@H]3CC[C@H]4CC(=O)CC[C@]4(C)C3=CC[C@]12C. The molecule has 3 saturated carbocycles. The van der Waals surface area contributed by atoms with E-state index in [1.54, 1.807) is 12.5 Å². The first-order chi connectivity index (χ1) is 10.9. The Morgan fingerprint density at radius 1 is 1.17 bits per heavy atom. The molecule has 0 bridgehead atoms. The first-order valence-corrected chi connectivity index (χ1v) is 9.59. The fourth-order valence-electron chi connectivity index (χ4n) is 6.98. The number of allylic oxidation sites excluding steroid dienone is 2. The lowest BCUT2D eigenvalue weighted by molar-refractivity contribution is -0.127. The van der Waals surface area contributed by atoms with Crippen LogP contribution in [0, 0.1) is 34.5 Å². The van der Waals surface area contributed by atoms with E-state index in [0.717, 1.165) is 32.1 Å². The van der Waals surface area contributed by atoms with Crippen LogP contribution in [-0.4, -0.2) is 11.6 Å². The fourth-order valence-corrected chi connectivity index (χ4v) is 6.98. The second-order valence-corrected chi connectivity index (χ2v) is 9.26. The van der Waals surface area contributed by atoms with Gasteiger partial charge in [0.2, 0.25) is 0 Å². The number of hydrogen-bond donors (Lipinski definition) is 0. The summed E-state index contributed by atoms with van der Waals surface area (Å²) in [6.45, 7) is 6.60. The van der Waals surface area contributed by atoms with Crippen LogP contribution < -0.4 is 0 Å². The van der Waals surface area contributed by atoms with Crippen LogP contribution in [0.3, 0.4) is 0 Å². The molecule has 2 heteroatoms. The third-order valence-corrected chi connectivity index (χ3v) is 8.33. The van der Waals surface area contributed by atoms with Crippen molar-refractivity contribution in [3.8, 4) is 0 Å². The van der Waals surface area contributed by atoms with E-state index in [1.165, 1.54) is 19.3 Å². The number of carbonyl (C=O) groups is 2. The van der Waals surface area contributed by atoms with Gasteiger partial charge in [-0.3, -0.25) is 9.59 Å². The Labute approximate surface area is 140 Å². The van der Waals surface area contributed by atoms with Crippen molar-refractivity contribution >= 4 is 11.6 Å². The minimum atomic E-state index is 0.188. The minimum absolute atomic E-state index is 0.188. The van der Waals surface area contributed by atoms with E-state index in [2.05, 4.69) is 19.9 Å². The largest absolute Gasteiger partial charge is 0.300 e. The maximum Gasteiger partial charge on any atom is 0.133 e. The van der Waals surface area contributed by atoms with Gasteiger partial charge in [0.25, 0.3) is 0 Å². The van der Waals surface area contributed by atoms with Crippen LogP contribution in [0.5, 0.6) is 0 Å². The van der Waals surface area contributed by atoms with Crippen molar-refractivity contribution in [1.29, 1.82) is 0 Å². The van der Waals surface area contributed by atoms with Gasteiger partial charge in [0.15, 0.2) is 0 Å². The highest BCUT2D eigenvalue weighted by Gasteiger charge is 2.57. The fraction of sp³-hybridized carbons (Fsp3) is 0.810. The lowest BCUT2D eigenvalue weighted by Gasteiger charge is -2.55. The van der Waals surface area contributed by atoms with Crippen molar-refractivity contribution in [3.05, 3.63) is 11.6 Å². The van der Waals surface area contributed by atoms with Gasteiger partial charge in [-0.2, -0.15) is 0 Å². The number of hydrogen-bond acceptors (Lipinski definition) is 2. The normalized spacial score (nSPS) is 49.0. The molecule has 0 saturated heterocycles. The van der Waals surface area contributed by atoms with Crippen molar-refractivity contribution in [2.75, 3.05) is 0 Å². The third-order valence-electron chi connectivity index (χ3n) is 8.33. The lowest BCUT2D eigenvalue weighted by Crippen LogP contribution is -2.48. The van der Waals surface area contributed by atoms with Gasteiger partial charge in [-0.15, -0.1) is 0 Å². The first-order valence-electron chi connectivity index (χ1n) is 9.59. The van der Waals surface area contributed by atoms with Crippen molar-refractivity contribution < 1.29 is 9.59 Å². The van der Waals surface area contributed by atoms with Gasteiger partial charge in [0.05, 0.1) is 0 Å². The lowest BCUT2D eigenvalue weighted by atomic mass is 9.49. The van der Waals surface area contributed by atoms with E-state index in [0.29, 0.717) is 29.3 Å². The Bertz CT molecular complexity index is 589. The van der Waals surface area contributed by atoms with E-state index in [1.807, 2.05) is 0 Å². The third kappa shape index (κ3) is 2.06. The van der Waals surface area contributed by atoms with Crippen LogP contribution in [0.4, 0.5) is 0 Å². The Kier molecular flexibility index (Phi) is 3.42. The topological polar surface area (TPSA) is 34.1 Å². The Hall–Kier alpha value is -0.920. The molecule has 4 aliphatic rings. The van der Waals surface area contributed by atoms with Crippen molar-refractivity contribution in [1.82, 2.24) is 0 Å². The quantitative estimate of drug-likeness (QED) is 0.656. The van der Waals surface area contributed by atoms with E-state index < -0.39 is 0 Å². The molecular formula is C21H30O2. The van der Waals surface area contributed by atoms with Crippen molar-refractivity contribution in [2.45, 2.75) is 72.1 Å². The summed E-state index contributed by atoms with van der Waals surface area (Å²) in [6, 6.07) is 0. The summed E-state index contributed by atoms with van der Waals surface area (Å²) in [4.78, 5) is 24.0. The van der Waals surface area contributed by atoms with E-state index in [4.69, 9.17) is 0 Å². The highest BCUT2D eigenvalue weighted by molar-refractivity contribution is 5.80. The molecule has 0 spiro atoms. The summed E-state index contributed by atoms with van der Waals surface area (Å²) in [5.41, 5.74) is 2.12. The molecule has 0 unspecified atom stereocenters. The summed E-state index contributed by atoms with van der Waals surface area (Å²) in [6.07, 6.45) is 11.0. The van der Waals surface area contributed by atoms with Crippen LogP contribution >= 0.6 is 0 Å². The number of Topliss-reactive ketones (excluding diaryl/α,β-unsaturated/α-hetero) is 2. The van der Waals surface area contributed by atoms with E-state index >= 15 is 0 Å². The molecule has 0 radical (unpaired) electrons. The molecule has 0 amide bonds. The van der Waals surface area contributed by atoms with E-state index in [9.17, 15) is 9.59 Å². The second-order valence-electron chi connectivity index (χ2n) is 9.26. The Morgan fingerprint density at radius 3 is 2.70 bits per heavy atom. The molecule has 2 nitrogen and oxygen atoms in total. The Morgan fingerprint density at radius 2 is 1.96 bits per heavy atom. The average molecular weight is 314 g/mol. The number of carbonyl (C=O) groups excluding carboxylic acids is 2. The van der Waals surface area contributed by atoms with Crippen LogP contribution in [0.25, 0.3) is 0 Å².